The highest BCUT2D eigenvalue weighted by Gasteiger charge is 2.07. The molecule has 4 N–H and O–H groups in total. The number of ether oxygens (including phenoxy) is 1. The summed E-state index contributed by atoms with van der Waals surface area (Å²) in [5.74, 6) is 0.863. The smallest absolute Gasteiger partial charge is 0.251 e. The Hall–Kier alpha value is -4.38. The van der Waals surface area contributed by atoms with Gasteiger partial charge in [0.25, 0.3) is 5.91 Å². The maximum Gasteiger partial charge on any atom is 0.251 e. The predicted octanol–water partition coefficient (Wildman–Crippen LogP) is 2.69. The third kappa shape index (κ3) is 5.33. The van der Waals surface area contributed by atoms with Gasteiger partial charge in [0.2, 0.25) is 5.91 Å². The van der Waals surface area contributed by atoms with Gasteiger partial charge in [0.15, 0.2) is 0 Å². The zero-order valence-electron chi connectivity index (χ0n) is 16.0. The number of hydrogen-bond donors (Lipinski definition) is 3. The van der Waals surface area contributed by atoms with Crippen LogP contribution in [0.1, 0.15) is 26.3 Å². The number of pyridine rings is 1. The molecule has 0 spiro atoms. The number of nitriles is 1. The molecule has 0 radical (unpaired) electrons. The fourth-order valence-electron chi connectivity index (χ4n) is 2.59. The number of nitrogens with two attached hydrogens (primary N) is 1. The van der Waals surface area contributed by atoms with Crippen molar-refractivity contribution in [2.24, 2.45) is 5.73 Å². The summed E-state index contributed by atoms with van der Waals surface area (Å²) < 4.78 is 5.69. The van der Waals surface area contributed by atoms with Crippen molar-refractivity contribution in [3.05, 3.63) is 83.6 Å². The lowest BCUT2D eigenvalue weighted by Gasteiger charge is -2.09. The molecule has 150 valence electrons. The first-order valence-corrected chi connectivity index (χ1v) is 9.12. The average molecular weight is 401 g/mol. The van der Waals surface area contributed by atoms with E-state index in [1.54, 1.807) is 66.9 Å². The average Bonchev–Trinajstić information content (AvgIpc) is 2.77. The largest absolute Gasteiger partial charge is 0.457 e. The molecular formula is C22H19N5O3. The summed E-state index contributed by atoms with van der Waals surface area (Å²) in [7, 11) is 0. The Kier molecular flexibility index (Phi) is 6.59. The van der Waals surface area contributed by atoms with Crippen LogP contribution in [-0.4, -0.2) is 29.9 Å². The van der Waals surface area contributed by atoms with E-state index in [0.717, 1.165) is 0 Å². The van der Waals surface area contributed by atoms with Crippen molar-refractivity contribution in [3.8, 4) is 17.6 Å². The number of anilines is 1. The molecule has 0 atom stereocenters. The van der Waals surface area contributed by atoms with Crippen molar-refractivity contribution in [2.75, 3.05) is 18.4 Å². The van der Waals surface area contributed by atoms with Crippen LogP contribution in [0.2, 0.25) is 0 Å². The molecule has 0 saturated heterocycles. The third-order valence-electron chi connectivity index (χ3n) is 4.12. The Labute approximate surface area is 173 Å². The van der Waals surface area contributed by atoms with Crippen LogP contribution in [0.25, 0.3) is 0 Å². The van der Waals surface area contributed by atoms with Gasteiger partial charge in [-0.25, -0.2) is 4.98 Å². The molecule has 0 saturated carbocycles. The van der Waals surface area contributed by atoms with Crippen LogP contribution < -0.4 is 21.1 Å². The summed E-state index contributed by atoms with van der Waals surface area (Å²) in [6.07, 6.45) is 1.59. The van der Waals surface area contributed by atoms with Gasteiger partial charge in [0.05, 0.1) is 5.56 Å². The standard InChI is InChI=1S/C22H19N5O3/c23-14-17-2-1-11-25-21(17)26-12-13-27-22(29)16-5-9-19(10-6-16)30-18-7-3-15(4-8-18)20(24)28/h1-11H,12-13H2,(H2,24,28)(H,25,26)(H,27,29). The summed E-state index contributed by atoms with van der Waals surface area (Å²) in [6.45, 7) is 0.796. The molecule has 0 aliphatic heterocycles. The van der Waals surface area contributed by atoms with Crippen molar-refractivity contribution >= 4 is 17.6 Å². The first kappa shape index (κ1) is 20.4. The minimum Gasteiger partial charge on any atom is -0.457 e. The van der Waals surface area contributed by atoms with Gasteiger partial charge >= 0.3 is 0 Å². The number of benzene rings is 2. The highest BCUT2D eigenvalue weighted by Crippen LogP contribution is 2.22. The van der Waals surface area contributed by atoms with Crippen LogP contribution in [-0.2, 0) is 0 Å². The second kappa shape index (κ2) is 9.71. The molecule has 2 amide bonds. The fraction of sp³-hybridized carbons (Fsp3) is 0.0909. The lowest BCUT2D eigenvalue weighted by Crippen LogP contribution is -2.29. The van der Waals surface area contributed by atoms with E-state index >= 15 is 0 Å². The number of nitrogens with one attached hydrogen (secondary N) is 2. The number of amides is 2. The number of nitrogens with zero attached hydrogens (tertiary/aromatic N) is 2. The highest BCUT2D eigenvalue weighted by atomic mass is 16.5. The zero-order chi connectivity index (χ0) is 21.3. The summed E-state index contributed by atoms with van der Waals surface area (Å²) in [4.78, 5) is 27.4. The van der Waals surface area contributed by atoms with Crippen molar-refractivity contribution in [1.29, 1.82) is 5.26 Å². The van der Waals surface area contributed by atoms with E-state index in [-0.39, 0.29) is 5.91 Å². The molecule has 0 aliphatic rings. The Morgan fingerprint density at radius 2 is 1.60 bits per heavy atom. The second-order valence-corrected chi connectivity index (χ2v) is 6.21. The van der Waals surface area contributed by atoms with E-state index in [1.807, 2.05) is 0 Å². The Bertz CT molecular complexity index is 1070. The van der Waals surface area contributed by atoms with Crippen molar-refractivity contribution in [3.63, 3.8) is 0 Å². The summed E-state index contributed by atoms with van der Waals surface area (Å²) in [6, 6.07) is 18.5. The minimum absolute atomic E-state index is 0.226. The number of hydrogen-bond acceptors (Lipinski definition) is 6. The number of aromatic nitrogens is 1. The van der Waals surface area contributed by atoms with Gasteiger partial charge in [-0.2, -0.15) is 5.26 Å². The van der Waals surface area contributed by atoms with Crippen LogP contribution in [0.3, 0.4) is 0 Å². The quantitative estimate of drug-likeness (QED) is 0.498. The second-order valence-electron chi connectivity index (χ2n) is 6.21. The summed E-state index contributed by atoms with van der Waals surface area (Å²) in [5, 5.41) is 14.8. The van der Waals surface area contributed by atoms with Crippen molar-refractivity contribution in [1.82, 2.24) is 10.3 Å². The summed E-state index contributed by atoms with van der Waals surface area (Å²) in [5.41, 5.74) is 6.54. The van der Waals surface area contributed by atoms with Gasteiger partial charge in [-0.05, 0) is 60.7 Å². The Balaban J connectivity index is 1.48. The van der Waals surface area contributed by atoms with Crippen LogP contribution in [0.15, 0.2) is 66.9 Å². The molecule has 0 aliphatic carbocycles. The maximum atomic E-state index is 12.3. The Morgan fingerprint density at radius 3 is 2.20 bits per heavy atom. The molecule has 0 fully saturated rings. The van der Waals surface area contributed by atoms with E-state index in [1.165, 1.54) is 0 Å². The molecule has 2 aromatic carbocycles. The van der Waals surface area contributed by atoms with Gasteiger partial charge in [0, 0.05) is 30.4 Å². The maximum absolute atomic E-state index is 12.3. The van der Waals surface area contributed by atoms with Gasteiger partial charge in [-0.1, -0.05) is 0 Å². The van der Waals surface area contributed by atoms with Gasteiger partial charge in [-0.3, -0.25) is 9.59 Å². The van der Waals surface area contributed by atoms with Gasteiger partial charge < -0.3 is 21.1 Å². The van der Waals surface area contributed by atoms with Gasteiger partial charge in [-0.15, -0.1) is 0 Å². The Morgan fingerprint density at radius 1 is 0.967 bits per heavy atom. The lowest BCUT2D eigenvalue weighted by molar-refractivity contribution is 0.0953. The molecule has 8 heteroatoms. The molecule has 30 heavy (non-hydrogen) atoms. The van der Waals surface area contributed by atoms with Crippen LogP contribution in [0.4, 0.5) is 5.82 Å². The van der Waals surface area contributed by atoms with E-state index in [9.17, 15) is 9.59 Å². The molecule has 3 rings (SSSR count). The minimum atomic E-state index is -0.502. The third-order valence-corrected chi connectivity index (χ3v) is 4.12. The predicted molar refractivity (Wildman–Crippen MR) is 111 cm³/mol. The lowest BCUT2D eigenvalue weighted by atomic mass is 10.2. The van der Waals surface area contributed by atoms with E-state index < -0.39 is 5.91 Å². The van der Waals surface area contributed by atoms with Gasteiger partial charge in [0.1, 0.15) is 23.4 Å². The number of primary amides is 1. The van der Waals surface area contributed by atoms with Crippen LogP contribution in [0.5, 0.6) is 11.5 Å². The molecule has 1 heterocycles. The topological polar surface area (TPSA) is 130 Å². The number of carbonyl (C=O) groups excluding carboxylic acids is 2. The SMILES string of the molecule is N#Cc1cccnc1NCCNC(=O)c1ccc(Oc2ccc(C(N)=O)cc2)cc1. The summed E-state index contributed by atoms with van der Waals surface area (Å²) >= 11 is 0. The van der Waals surface area contributed by atoms with Crippen LogP contribution >= 0.6 is 0 Å². The first-order valence-electron chi connectivity index (χ1n) is 9.12. The molecule has 0 unspecified atom stereocenters. The van der Waals surface area contributed by atoms with E-state index in [2.05, 4.69) is 21.7 Å². The fourth-order valence-corrected chi connectivity index (χ4v) is 2.59. The van der Waals surface area contributed by atoms with Crippen molar-refractivity contribution in [2.45, 2.75) is 0 Å². The molecular weight excluding hydrogens is 382 g/mol. The monoisotopic (exact) mass is 401 g/mol. The van der Waals surface area contributed by atoms with E-state index in [0.29, 0.717) is 47.1 Å². The highest BCUT2D eigenvalue weighted by molar-refractivity contribution is 5.94. The van der Waals surface area contributed by atoms with Crippen LogP contribution in [0, 0.1) is 11.3 Å². The number of rotatable bonds is 8. The first-order chi connectivity index (χ1) is 14.6. The molecule has 8 nitrogen and oxygen atoms in total. The van der Waals surface area contributed by atoms with Crippen molar-refractivity contribution < 1.29 is 14.3 Å². The number of carbonyl (C=O) groups is 2. The van der Waals surface area contributed by atoms with E-state index in [4.69, 9.17) is 15.7 Å². The normalized spacial score (nSPS) is 9.97. The molecule has 1 aromatic heterocycles. The molecule has 0 bridgehead atoms. The zero-order valence-corrected chi connectivity index (χ0v) is 16.0. The molecule has 3 aromatic rings.